The van der Waals surface area contributed by atoms with Crippen molar-refractivity contribution in [3.8, 4) is 0 Å². The Morgan fingerprint density at radius 2 is 2.25 bits per heavy atom. The van der Waals surface area contributed by atoms with Crippen molar-refractivity contribution in [2.45, 2.75) is 6.92 Å². The molecule has 0 aliphatic heterocycles. The number of aryl methyl sites for hydroxylation is 1. The van der Waals surface area contributed by atoms with Crippen molar-refractivity contribution in [1.29, 1.82) is 0 Å². The minimum Gasteiger partial charge on any atom is -0.408 e. The van der Waals surface area contributed by atoms with Crippen molar-refractivity contribution < 1.29 is 9.21 Å². The molecule has 0 fully saturated rings. The fourth-order valence-electron chi connectivity index (χ4n) is 1.02. The molecule has 0 saturated carbocycles. The first-order valence-electron chi connectivity index (χ1n) is 4.38. The summed E-state index contributed by atoms with van der Waals surface area (Å²) in [6, 6.07) is 3.37. The maximum atomic E-state index is 11.6. The van der Waals surface area contributed by atoms with Crippen LogP contribution in [0.15, 0.2) is 27.2 Å². The van der Waals surface area contributed by atoms with Crippen LogP contribution < -0.4 is 5.32 Å². The normalized spacial score (nSPS) is 10.1. The molecule has 2 rings (SSSR count). The van der Waals surface area contributed by atoms with Gasteiger partial charge in [-0.1, -0.05) is 5.10 Å². The molecule has 0 radical (unpaired) electrons. The zero-order valence-corrected chi connectivity index (χ0v) is 9.85. The molecule has 0 aliphatic carbocycles. The maximum Gasteiger partial charge on any atom is 0.322 e. The van der Waals surface area contributed by atoms with Crippen molar-refractivity contribution in [3.63, 3.8) is 0 Å². The number of carbonyl (C=O) groups excluding carboxylic acids is 1. The second-order valence-corrected chi connectivity index (χ2v) is 3.86. The minimum atomic E-state index is -0.392. The molecule has 2 heterocycles. The van der Waals surface area contributed by atoms with Crippen LogP contribution in [0.5, 0.6) is 0 Å². The Kier molecular flexibility index (Phi) is 2.95. The number of carbonyl (C=O) groups is 1. The predicted molar refractivity (Wildman–Crippen MR) is 58.9 cm³/mol. The van der Waals surface area contributed by atoms with E-state index in [4.69, 9.17) is 4.42 Å². The molecule has 0 saturated heterocycles. The average molecular weight is 283 g/mol. The van der Waals surface area contributed by atoms with Crippen LogP contribution in [-0.2, 0) is 0 Å². The number of halogens is 1. The first-order valence-corrected chi connectivity index (χ1v) is 5.17. The summed E-state index contributed by atoms with van der Waals surface area (Å²) in [5.74, 6) is -0.00443. The molecule has 0 spiro atoms. The van der Waals surface area contributed by atoms with Gasteiger partial charge in [0, 0.05) is 17.6 Å². The van der Waals surface area contributed by atoms with E-state index in [2.05, 4.69) is 36.4 Å². The zero-order chi connectivity index (χ0) is 11.5. The van der Waals surface area contributed by atoms with Gasteiger partial charge in [-0.05, 0) is 28.1 Å². The Hall–Kier alpha value is -1.76. The summed E-state index contributed by atoms with van der Waals surface area (Å²) >= 11 is 3.23. The van der Waals surface area contributed by atoms with E-state index in [0.717, 1.165) is 4.47 Å². The standard InChI is InChI=1S/C9H7BrN4O2/c1-5-13-14-9(16-5)12-8(15)7-3-2-6(10)4-11-7/h2-4H,1H3,(H,12,14,15). The highest BCUT2D eigenvalue weighted by Gasteiger charge is 2.10. The summed E-state index contributed by atoms with van der Waals surface area (Å²) in [7, 11) is 0. The fourth-order valence-corrected chi connectivity index (χ4v) is 1.25. The highest BCUT2D eigenvalue weighted by molar-refractivity contribution is 9.10. The number of rotatable bonds is 2. The van der Waals surface area contributed by atoms with Crippen LogP contribution in [0, 0.1) is 6.92 Å². The molecule has 16 heavy (non-hydrogen) atoms. The lowest BCUT2D eigenvalue weighted by Gasteiger charge is -1.99. The van der Waals surface area contributed by atoms with Gasteiger partial charge in [0.25, 0.3) is 5.91 Å². The van der Waals surface area contributed by atoms with E-state index in [1.54, 1.807) is 19.1 Å². The Morgan fingerprint density at radius 1 is 1.44 bits per heavy atom. The van der Waals surface area contributed by atoms with Gasteiger partial charge >= 0.3 is 6.01 Å². The van der Waals surface area contributed by atoms with Crippen molar-refractivity contribution >= 4 is 27.9 Å². The third kappa shape index (κ3) is 2.43. The molecule has 7 heteroatoms. The smallest absolute Gasteiger partial charge is 0.322 e. The van der Waals surface area contributed by atoms with Gasteiger partial charge in [0.15, 0.2) is 0 Å². The second kappa shape index (κ2) is 4.40. The molecule has 1 amide bonds. The summed E-state index contributed by atoms with van der Waals surface area (Å²) in [6.45, 7) is 1.64. The van der Waals surface area contributed by atoms with Gasteiger partial charge in [-0.25, -0.2) is 4.98 Å². The monoisotopic (exact) mass is 282 g/mol. The maximum absolute atomic E-state index is 11.6. The third-order valence-electron chi connectivity index (χ3n) is 1.71. The van der Waals surface area contributed by atoms with Crippen molar-refractivity contribution in [2.24, 2.45) is 0 Å². The number of anilines is 1. The second-order valence-electron chi connectivity index (χ2n) is 2.94. The SMILES string of the molecule is Cc1nnc(NC(=O)c2ccc(Br)cn2)o1. The van der Waals surface area contributed by atoms with Gasteiger partial charge in [-0.3, -0.25) is 10.1 Å². The Bertz CT molecular complexity index is 508. The largest absolute Gasteiger partial charge is 0.408 e. The van der Waals surface area contributed by atoms with Gasteiger partial charge in [-0.15, -0.1) is 5.10 Å². The number of pyridine rings is 1. The van der Waals surface area contributed by atoms with Crippen LogP contribution in [-0.4, -0.2) is 21.1 Å². The lowest BCUT2D eigenvalue weighted by atomic mass is 10.3. The highest BCUT2D eigenvalue weighted by atomic mass is 79.9. The molecule has 1 N–H and O–H groups in total. The predicted octanol–water partition coefficient (Wildman–Crippen LogP) is 1.79. The molecule has 0 bridgehead atoms. The molecular weight excluding hydrogens is 276 g/mol. The lowest BCUT2D eigenvalue weighted by Crippen LogP contribution is -2.13. The summed E-state index contributed by atoms with van der Waals surface area (Å²) in [6.07, 6.45) is 1.54. The van der Waals surface area contributed by atoms with E-state index in [9.17, 15) is 4.79 Å². The molecule has 0 unspecified atom stereocenters. The van der Waals surface area contributed by atoms with Crippen LogP contribution in [0.2, 0.25) is 0 Å². The number of hydrogen-bond acceptors (Lipinski definition) is 5. The minimum absolute atomic E-state index is 0.0622. The molecule has 0 atom stereocenters. The average Bonchev–Trinajstić information content (AvgIpc) is 2.65. The molecular formula is C9H7BrN4O2. The van der Waals surface area contributed by atoms with Crippen LogP contribution in [0.3, 0.4) is 0 Å². The highest BCUT2D eigenvalue weighted by Crippen LogP contribution is 2.09. The molecule has 82 valence electrons. The van der Waals surface area contributed by atoms with Gasteiger partial charge in [0.1, 0.15) is 5.69 Å². The van der Waals surface area contributed by atoms with Crippen molar-refractivity contribution in [3.05, 3.63) is 34.4 Å². The summed E-state index contributed by atoms with van der Waals surface area (Å²) in [5.41, 5.74) is 0.277. The van der Waals surface area contributed by atoms with Crippen LogP contribution >= 0.6 is 15.9 Å². The van der Waals surface area contributed by atoms with E-state index in [1.165, 1.54) is 6.20 Å². The molecule has 6 nitrogen and oxygen atoms in total. The first kappa shape index (κ1) is 10.7. The zero-order valence-electron chi connectivity index (χ0n) is 8.27. The molecule has 2 aromatic heterocycles. The number of nitrogens with zero attached hydrogens (tertiary/aromatic N) is 3. The Labute approximate surface area is 99.2 Å². The molecule has 0 aromatic carbocycles. The van der Waals surface area contributed by atoms with E-state index in [-0.39, 0.29) is 11.7 Å². The number of aromatic nitrogens is 3. The molecule has 2 aromatic rings. The fraction of sp³-hybridized carbons (Fsp3) is 0.111. The Balaban J connectivity index is 2.11. The van der Waals surface area contributed by atoms with Gasteiger partial charge in [0.2, 0.25) is 5.89 Å². The van der Waals surface area contributed by atoms with Crippen molar-refractivity contribution in [1.82, 2.24) is 15.2 Å². The lowest BCUT2D eigenvalue weighted by molar-refractivity contribution is 0.101. The van der Waals surface area contributed by atoms with Crippen LogP contribution in [0.1, 0.15) is 16.4 Å². The molecule has 0 aliphatic rings. The summed E-state index contributed by atoms with van der Waals surface area (Å²) < 4.78 is 5.81. The summed E-state index contributed by atoms with van der Waals surface area (Å²) in [5, 5.41) is 9.67. The third-order valence-corrected chi connectivity index (χ3v) is 2.18. The number of nitrogens with one attached hydrogen (secondary N) is 1. The Morgan fingerprint density at radius 3 is 2.81 bits per heavy atom. The number of amides is 1. The van der Waals surface area contributed by atoms with E-state index in [0.29, 0.717) is 5.89 Å². The van der Waals surface area contributed by atoms with Crippen LogP contribution in [0.4, 0.5) is 6.01 Å². The van der Waals surface area contributed by atoms with E-state index >= 15 is 0 Å². The topological polar surface area (TPSA) is 80.9 Å². The van der Waals surface area contributed by atoms with Gasteiger partial charge in [-0.2, -0.15) is 0 Å². The van der Waals surface area contributed by atoms with Gasteiger partial charge in [0.05, 0.1) is 0 Å². The summed E-state index contributed by atoms with van der Waals surface area (Å²) in [4.78, 5) is 15.6. The first-order chi connectivity index (χ1) is 7.65. The quantitative estimate of drug-likeness (QED) is 0.908. The van der Waals surface area contributed by atoms with E-state index < -0.39 is 5.91 Å². The van der Waals surface area contributed by atoms with Crippen LogP contribution in [0.25, 0.3) is 0 Å². The van der Waals surface area contributed by atoms with Crippen molar-refractivity contribution in [2.75, 3.05) is 5.32 Å². The number of hydrogen-bond donors (Lipinski definition) is 1. The van der Waals surface area contributed by atoms with E-state index in [1.807, 2.05) is 0 Å². The van der Waals surface area contributed by atoms with Gasteiger partial charge < -0.3 is 4.42 Å².